The topological polar surface area (TPSA) is 50.2 Å². The summed E-state index contributed by atoms with van der Waals surface area (Å²) in [4.78, 5) is 18.6. The lowest BCUT2D eigenvalue weighted by Gasteiger charge is -2.14. The van der Waals surface area contributed by atoms with E-state index in [1.54, 1.807) is 6.20 Å². The minimum atomic E-state index is 0.0875. The van der Waals surface area contributed by atoms with Crippen LogP contribution < -0.4 is 5.32 Å². The quantitative estimate of drug-likeness (QED) is 0.849. The molecule has 2 aromatic rings. The van der Waals surface area contributed by atoms with E-state index in [4.69, 9.17) is 0 Å². The number of carbonyl (C=O) groups excluding carboxylic acids is 1. The van der Waals surface area contributed by atoms with E-state index in [0.717, 1.165) is 31.9 Å². The summed E-state index contributed by atoms with van der Waals surface area (Å²) in [6, 6.07) is 10.4. The van der Waals surface area contributed by atoms with Crippen molar-refractivity contribution in [1.82, 2.24) is 19.8 Å². The lowest BCUT2D eigenvalue weighted by atomic mass is 10.1. The third kappa shape index (κ3) is 4.66. The molecule has 0 bridgehead atoms. The molecule has 0 spiro atoms. The Morgan fingerprint density at radius 1 is 1.17 bits per heavy atom. The molecule has 5 nitrogen and oxygen atoms in total. The van der Waals surface area contributed by atoms with E-state index in [1.165, 1.54) is 18.4 Å². The summed E-state index contributed by atoms with van der Waals surface area (Å²) >= 11 is 0. The van der Waals surface area contributed by atoms with Gasteiger partial charge in [-0.2, -0.15) is 0 Å². The van der Waals surface area contributed by atoms with Gasteiger partial charge in [-0.1, -0.05) is 30.3 Å². The highest BCUT2D eigenvalue weighted by Crippen LogP contribution is 2.07. The van der Waals surface area contributed by atoms with Crippen molar-refractivity contribution in [2.75, 3.05) is 19.6 Å². The maximum atomic E-state index is 12.0. The molecule has 1 saturated heterocycles. The summed E-state index contributed by atoms with van der Waals surface area (Å²) in [5.41, 5.74) is 1.31. The molecule has 5 heteroatoms. The number of nitrogens with zero attached hydrogens (tertiary/aromatic N) is 3. The lowest BCUT2D eigenvalue weighted by molar-refractivity contribution is -0.122. The molecule has 23 heavy (non-hydrogen) atoms. The summed E-state index contributed by atoms with van der Waals surface area (Å²) < 4.78 is 2.11. The molecule has 0 radical (unpaired) electrons. The van der Waals surface area contributed by atoms with Gasteiger partial charge in [-0.15, -0.1) is 0 Å². The highest BCUT2D eigenvalue weighted by molar-refractivity contribution is 5.77. The molecular weight excluding hydrogens is 288 g/mol. The molecule has 2 heterocycles. The fourth-order valence-corrected chi connectivity index (χ4v) is 2.98. The Hall–Kier alpha value is -2.14. The average Bonchev–Trinajstić information content (AvgIpc) is 3.23. The van der Waals surface area contributed by atoms with Gasteiger partial charge in [0.15, 0.2) is 0 Å². The first-order valence-corrected chi connectivity index (χ1v) is 8.34. The van der Waals surface area contributed by atoms with Crippen LogP contribution in [0.3, 0.4) is 0 Å². The van der Waals surface area contributed by atoms with Crippen LogP contribution in [-0.4, -0.2) is 40.0 Å². The lowest BCUT2D eigenvalue weighted by Crippen LogP contribution is -2.35. The molecule has 0 saturated carbocycles. The van der Waals surface area contributed by atoms with Crippen molar-refractivity contribution in [3.63, 3.8) is 0 Å². The zero-order valence-electron chi connectivity index (χ0n) is 13.4. The summed E-state index contributed by atoms with van der Waals surface area (Å²) in [6.45, 7) is 3.96. The summed E-state index contributed by atoms with van der Waals surface area (Å²) in [5, 5.41) is 2.99. The number of aryl methyl sites for hydroxylation is 2. The van der Waals surface area contributed by atoms with Gasteiger partial charge in [0, 0.05) is 18.9 Å². The highest BCUT2D eigenvalue weighted by Gasteiger charge is 2.15. The fraction of sp³-hybridized carbons (Fsp3) is 0.444. The Morgan fingerprint density at radius 3 is 2.74 bits per heavy atom. The fourth-order valence-electron chi connectivity index (χ4n) is 2.98. The number of carbonyl (C=O) groups is 1. The van der Waals surface area contributed by atoms with Crippen LogP contribution in [0, 0.1) is 0 Å². The van der Waals surface area contributed by atoms with Crippen LogP contribution in [0.1, 0.15) is 24.2 Å². The molecule has 1 aliphatic rings. The predicted molar refractivity (Wildman–Crippen MR) is 89.9 cm³/mol. The van der Waals surface area contributed by atoms with Crippen LogP contribution in [0.25, 0.3) is 0 Å². The Balaban J connectivity index is 1.47. The first-order chi connectivity index (χ1) is 11.3. The zero-order valence-corrected chi connectivity index (χ0v) is 13.4. The van der Waals surface area contributed by atoms with Crippen LogP contribution in [0.2, 0.25) is 0 Å². The van der Waals surface area contributed by atoms with Crippen LogP contribution in [-0.2, 0) is 24.3 Å². The van der Waals surface area contributed by atoms with Crippen molar-refractivity contribution < 1.29 is 4.79 Å². The molecule has 1 fully saturated rings. The van der Waals surface area contributed by atoms with Crippen LogP contribution in [0.15, 0.2) is 42.7 Å². The molecule has 1 aromatic heterocycles. The maximum Gasteiger partial charge on any atom is 0.234 e. The Morgan fingerprint density at radius 2 is 1.96 bits per heavy atom. The molecule has 1 aliphatic heterocycles. The van der Waals surface area contributed by atoms with Gasteiger partial charge in [0.1, 0.15) is 5.82 Å². The first kappa shape index (κ1) is 15.7. The van der Waals surface area contributed by atoms with Gasteiger partial charge in [-0.25, -0.2) is 4.98 Å². The molecule has 1 amide bonds. The number of rotatable bonds is 7. The van der Waals surface area contributed by atoms with Gasteiger partial charge < -0.3 is 9.88 Å². The van der Waals surface area contributed by atoms with Crippen LogP contribution in [0.5, 0.6) is 0 Å². The number of hydrogen-bond acceptors (Lipinski definition) is 3. The molecular formula is C18H24N4O. The second-order valence-electron chi connectivity index (χ2n) is 6.03. The minimum absolute atomic E-state index is 0.0875. The summed E-state index contributed by atoms with van der Waals surface area (Å²) in [7, 11) is 0. The van der Waals surface area contributed by atoms with Crippen molar-refractivity contribution in [2.45, 2.75) is 32.4 Å². The van der Waals surface area contributed by atoms with Crippen molar-refractivity contribution >= 4 is 5.91 Å². The Labute approximate surface area is 137 Å². The minimum Gasteiger partial charge on any atom is -0.348 e. The number of benzene rings is 1. The summed E-state index contributed by atoms with van der Waals surface area (Å²) in [6.07, 6.45) is 7.15. The van der Waals surface area contributed by atoms with Crippen molar-refractivity contribution in [3.05, 3.63) is 54.1 Å². The number of likely N-dealkylation sites (tertiary alicyclic amines) is 1. The van der Waals surface area contributed by atoms with Gasteiger partial charge in [0.2, 0.25) is 5.91 Å². The number of amides is 1. The molecule has 1 N–H and O–H groups in total. The Kier molecular flexibility index (Phi) is 5.42. The predicted octanol–water partition coefficient (Wildman–Crippen LogP) is 1.84. The maximum absolute atomic E-state index is 12.0. The van der Waals surface area contributed by atoms with Gasteiger partial charge in [0.25, 0.3) is 0 Å². The molecule has 0 unspecified atom stereocenters. The highest BCUT2D eigenvalue weighted by atomic mass is 16.2. The van der Waals surface area contributed by atoms with Crippen molar-refractivity contribution in [2.24, 2.45) is 0 Å². The SMILES string of the molecule is O=C(CN1CCCC1)NCc1nccn1CCc1ccccc1. The van der Waals surface area contributed by atoms with E-state index in [2.05, 4.69) is 44.0 Å². The molecule has 0 aliphatic carbocycles. The van der Waals surface area contributed by atoms with Crippen LogP contribution in [0.4, 0.5) is 0 Å². The molecule has 3 rings (SSSR count). The van der Waals surface area contributed by atoms with E-state index in [-0.39, 0.29) is 5.91 Å². The Bertz CT molecular complexity index is 617. The van der Waals surface area contributed by atoms with E-state index in [1.807, 2.05) is 12.3 Å². The van der Waals surface area contributed by atoms with Gasteiger partial charge in [0.05, 0.1) is 13.1 Å². The molecule has 0 atom stereocenters. The van der Waals surface area contributed by atoms with Gasteiger partial charge >= 0.3 is 0 Å². The third-order valence-corrected chi connectivity index (χ3v) is 4.30. The summed E-state index contributed by atoms with van der Waals surface area (Å²) in [5.74, 6) is 1.00. The van der Waals surface area contributed by atoms with Gasteiger partial charge in [-0.05, 0) is 37.9 Å². The van der Waals surface area contributed by atoms with E-state index in [0.29, 0.717) is 13.1 Å². The largest absolute Gasteiger partial charge is 0.348 e. The molecule has 122 valence electrons. The third-order valence-electron chi connectivity index (χ3n) is 4.30. The second-order valence-corrected chi connectivity index (χ2v) is 6.03. The zero-order chi connectivity index (χ0) is 15.9. The van der Waals surface area contributed by atoms with E-state index >= 15 is 0 Å². The molecule has 1 aromatic carbocycles. The number of hydrogen-bond donors (Lipinski definition) is 1. The first-order valence-electron chi connectivity index (χ1n) is 8.34. The average molecular weight is 312 g/mol. The van der Waals surface area contributed by atoms with Gasteiger partial charge in [-0.3, -0.25) is 9.69 Å². The normalized spacial score (nSPS) is 15.0. The number of aromatic nitrogens is 2. The standard InChI is InChI=1S/C18H24N4O/c23-18(15-21-10-4-5-11-21)20-14-17-19-9-13-22(17)12-8-16-6-2-1-3-7-16/h1-3,6-7,9,13H,4-5,8,10-12,14-15H2,(H,20,23). The van der Waals surface area contributed by atoms with Crippen LogP contribution >= 0.6 is 0 Å². The van der Waals surface area contributed by atoms with E-state index in [9.17, 15) is 4.79 Å². The number of imidazole rings is 1. The number of nitrogens with one attached hydrogen (secondary N) is 1. The second kappa shape index (κ2) is 7.92. The van der Waals surface area contributed by atoms with Crippen molar-refractivity contribution in [1.29, 1.82) is 0 Å². The monoisotopic (exact) mass is 312 g/mol. The van der Waals surface area contributed by atoms with E-state index < -0.39 is 0 Å². The van der Waals surface area contributed by atoms with Crippen molar-refractivity contribution in [3.8, 4) is 0 Å². The smallest absolute Gasteiger partial charge is 0.234 e.